The zero-order valence-corrected chi connectivity index (χ0v) is 19.3. The van der Waals surface area contributed by atoms with Crippen LogP contribution in [0.2, 0.25) is 0 Å². The minimum atomic E-state index is -0.453. The first-order chi connectivity index (χ1) is 15.9. The number of aryl methyl sites for hydroxylation is 2. The van der Waals surface area contributed by atoms with Crippen molar-refractivity contribution in [3.05, 3.63) is 95.1 Å². The van der Waals surface area contributed by atoms with E-state index in [2.05, 4.69) is 31.2 Å². The van der Waals surface area contributed by atoms with E-state index < -0.39 is 12.0 Å². The van der Waals surface area contributed by atoms with Crippen LogP contribution in [0.25, 0.3) is 0 Å². The number of nitrogens with zero attached hydrogens (tertiary/aromatic N) is 2. The number of aliphatic imine (C=N–C) groups is 1. The van der Waals surface area contributed by atoms with Gasteiger partial charge in [0.2, 0.25) is 5.91 Å². The Balaban J connectivity index is 1.66. The molecular weight excluding hydrogens is 408 g/mol. The fraction of sp³-hybridized carbons (Fsp3) is 0.276. The third-order valence-electron chi connectivity index (χ3n) is 6.92. The molecule has 5 rings (SSSR count). The Morgan fingerprint density at radius 3 is 2.09 bits per heavy atom. The summed E-state index contributed by atoms with van der Waals surface area (Å²) in [5, 5.41) is 0. The van der Waals surface area contributed by atoms with Crippen molar-refractivity contribution >= 4 is 28.8 Å². The van der Waals surface area contributed by atoms with Gasteiger partial charge in [-0.2, -0.15) is 0 Å². The first-order valence-corrected chi connectivity index (χ1v) is 11.5. The maximum absolute atomic E-state index is 13.8. The molecule has 4 nitrogen and oxygen atoms in total. The first kappa shape index (κ1) is 21.3. The molecule has 1 amide bonds. The lowest BCUT2D eigenvalue weighted by Crippen LogP contribution is -2.45. The second kappa shape index (κ2) is 8.43. The molecule has 3 aromatic rings. The van der Waals surface area contributed by atoms with E-state index in [9.17, 15) is 9.59 Å². The summed E-state index contributed by atoms with van der Waals surface area (Å²) in [7, 11) is 0. The average molecular weight is 437 g/mol. The molecule has 0 bridgehead atoms. The summed E-state index contributed by atoms with van der Waals surface area (Å²) >= 11 is 0. The lowest BCUT2D eigenvalue weighted by Gasteiger charge is -2.38. The van der Waals surface area contributed by atoms with E-state index in [1.807, 2.05) is 55.5 Å². The molecular formula is C29H28N2O2. The van der Waals surface area contributed by atoms with Crippen LogP contribution < -0.4 is 4.90 Å². The van der Waals surface area contributed by atoms with Gasteiger partial charge in [0, 0.05) is 19.1 Å². The predicted molar refractivity (Wildman–Crippen MR) is 132 cm³/mol. The molecule has 0 radical (unpaired) electrons. The molecule has 1 heterocycles. The molecule has 3 unspecified atom stereocenters. The number of anilines is 1. The van der Waals surface area contributed by atoms with Crippen molar-refractivity contribution in [3.8, 4) is 0 Å². The molecule has 3 aromatic carbocycles. The van der Waals surface area contributed by atoms with E-state index in [0.29, 0.717) is 12.8 Å². The predicted octanol–water partition coefficient (Wildman–Crippen LogP) is 6.25. The Kier molecular flexibility index (Phi) is 5.45. The number of fused-ring (bicyclic) bond motifs is 2. The quantitative estimate of drug-likeness (QED) is 0.477. The Hall–Kier alpha value is -3.53. The summed E-state index contributed by atoms with van der Waals surface area (Å²) in [5.41, 5.74) is 6.87. The van der Waals surface area contributed by atoms with Crippen molar-refractivity contribution in [2.75, 3.05) is 4.90 Å². The fourth-order valence-corrected chi connectivity index (χ4v) is 5.24. The molecule has 0 spiro atoms. The Bertz CT molecular complexity index is 1240. The molecule has 33 heavy (non-hydrogen) atoms. The maximum Gasteiger partial charge on any atom is 0.224 e. The van der Waals surface area contributed by atoms with Crippen molar-refractivity contribution in [2.24, 2.45) is 10.9 Å². The highest BCUT2D eigenvalue weighted by Gasteiger charge is 2.45. The van der Waals surface area contributed by atoms with Crippen molar-refractivity contribution in [2.45, 2.75) is 45.6 Å². The summed E-state index contributed by atoms with van der Waals surface area (Å²) in [5.74, 6) is -0.290. The van der Waals surface area contributed by atoms with Crippen LogP contribution in [0.15, 0.2) is 77.8 Å². The number of para-hydroxylation sites is 2. The van der Waals surface area contributed by atoms with Gasteiger partial charge < -0.3 is 4.90 Å². The van der Waals surface area contributed by atoms with Gasteiger partial charge in [0.1, 0.15) is 5.78 Å². The highest BCUT2D eigenvalue weighted by Crippen LogP contribution is 2.47. The lowest BCUT2D eigenvalue weighted by molar-refractivity contribution is -0.123. The number of rotatable bonds is 2. The van der Waals surface area contributed by atoms with Gasteiger partial charge in [0.15, 0.2) is 0 Å². The molecule has 0 N–H and O–H groups in total. The Morgan fingerprint density at radius 2 is 1.45 bits per heavy atom. The van der Waals surface area contributed by atoms with Crippen LogP contribution in [-0.4, -0.2) is 17.4 Å². The summed E-state index contributed by atoms with van der Waals surface area (Å²) < 4.78 is 0. The zero-order valence-electron chi connectivity index (χ0n) is 19.3. The highest BCUT2D eigenvalue weighted by molar-refractivity contribution is 6.13. The first-order valence-electron chi connectivity index (χ1n) is 11.5. The number of hydrogen-bond donors (Lipinski definition) is 0. The van der Waals surface area contributed by atoms with Crippen molar-refractivity contribution in [1.82, 2.24) is 0 Å². The fourth-order valence-electron chi connectivity index (χ4n) is 5.24. The molecule has 0 aromatic heterocycles. The van der Waals surface area contributed by atoms with Gasteiger partial charge in [-0.15, -0.1) is 0 Å². The minimum absolute atomic E-state index is 0.0852. The van der Waals surface area contributed by atoms with Crippen molar-refractivity contribution in [3.63, 3.8) is 0 Å². The van der Waals surface area contributed by atoms with Crippen molar-refractivity contribution < 1.29 is 9.59 Å². The van der Waals surface area contributed by atoms with E-state index >= 15 is 0 Å². The van der Waals surface area contributed by atoms with Gasteiger partial charge in [0.25, 0.3) is 0 Å². The van der Waals surface area contributed by atoms with Gasteiger partial charge in [-0.25, -0.2) is 0 Å². The van der Waals surface area contributed by atoms with Gasteiger partial charge in [0.05, 0.1) is 23.3 Å². The Morgan fingerprint density at radius 1 is 0.848 bits per heavy atom. The number of carbonyl (C=O) groups is 2. The average Bonchev–Trinajstić information content (AvgIpc) is 2.94. The number of hydrogen-bond acceptors (Lipinski definition) is 3. The Labute approximate surface area is 195 Å². The van der Waals surface area contributed by atoms with Crippen LogP contribution in [0.1, 0.15) is 54.0 Å². The molecule has 3 atom stereocenters. The van der Waals surface area contributed by atoms with E-state index in [0.717, 1.165) is 28.2 Å². The molecule has 4 heteroatoms. The van der Waals surface area contributed by atoms with E-state index in [-0.39, 0.29) is 17.6 Å². The lowest BCUT2D eigenvalue weighted by atomic mass is 9.72. The molecule has 1 fully saturated rings. The minimum Gasteiger partial charge on any atom is -0.302 e. The third-order valence-corrected chi connectivity index (χ3v) is 6.92. The number of Topliss-reactive ketones (excluding diaryl/α,β-unsaturated/α-hetero) is 1. The molecule has 166 valence electrons. The SMILES string of the molecule is CC(=O)N1c2ccccc2N=C2CC(c3ccc(C)cc3)CC(=O)C2C1c1ccc(C)cc1. The van der Waals surface area contributed by atoms with Crippen LogP contribution in [0.3, 0.4) is 0 Å². The third kappa shape index (κ3) is 3.91. The monoisotopic (exact) mass is 436 g/mol. The maximum atomic E-state index is 13.8. The summed E-state index contributed by atoms with van der Waals surface area (Å²) in [6.07, 6.45) is 1.17. The number of carbonyl (C=O) groups excluding carboxylic acids is 2. The highest BCUT2D eigenvalue weighted by atomic mass is 16.2. The molecule has 0 saturated heterocycles. The molecule has 1 aliphatic heterocycles. The molecule has 2 aliphatic rings. The molecule has 1 aliphatic carbocycles. The normalized spacial score (nSPS) is 22.2. The van der Waals surface area contributed by atoms with E-state index in [1.165, 1.54) is 11.1 Å². The van der Waals surface area contributed by atoms with Gasteiger partial charge in [-0.05, 0) is 49.4 Å². The van der Waals surface area contributed by atoms with Crippen molar-refractivity contribution in [1.29, 1.82) is 0 Å². The van der Waals surface area contributed by atoms with E-state index in [1.54, 1.807) is 11.8 Å². The van der Waals surface area contributed by atoms with Crippen LogP contribution >= 0.6 is 0 Å². The largest absolute Gasteiger partial charge is 0.302 e. The zero-order chi connectivity index (χ0) is 23.1. The summed E-state index contributed by atoms with van der Waals surface area (Å²) in [6, 6.07) is 23.9. The van der Waals surface area contributed by atoms with Crippen LogP contribution in [0.4, 0.5) is 11.4 Å². The molecule has 1 saturated carbocycles. The summed E-state index contributed by atoms with van der Waals surface area (Å²) in [6.45, 7) is 5.69. The number of ketones is 1. The second-order valence-corrected chi connectivity index (χ2v) is 9.30. The smallest absolute Gasteiger partial charge is 0.224 e. The summed E-state index contributed by atoms with van der Waals surface area (Å²) in [4.78, 5) is 33.6. The second-order valence-electron chi connectivity index (χ2n) is 9.30. The van der Waals surface area contributed by atoms with Crippen LogP contribution in [0.5, 0.6) is 0 Å². The van der Waals surface area contributed by atoms with Gasteiger partial charge in [-0.1, -0.05) is 71.8 Å². The van der Waals surface area contributed by atoms with Crippen LogP contribution in [0, 0.1) is 19.8 Å². The van der Waals surface area contributed by atoms with E-state index in [4.69, 9.17) is 4.99 Å². The van der Waals surface area contributed by atoms with Crippen LogP contribution in [-0.2, 0) is 9.59 Å². The number of benzene rings is 3. The van der Waals surface area contributed by atoms with Gasteiger partial charge >= 0.3 is 0 Å². The topological polar surface area (TPSA) is 49.7 Å². The standard InChI is InChI=1S/C29H28N2O2/c1-18-8-12-21(13-9-18)23-16-25-28(27(33)17-23)29(22-14-10-19(2)11-15-22)31(20(3)32)26-7-5-4-6-24(26)30-25/h4-15,23,28-29H,16-17H2,1-3H3. The van der Waals surface area contributed by atoms with Gasteiger partial charge in [-0.3, -0.25) is 14.6 Å². The number of amides is 1.